The van der Waals surface area contributed by atoms with Gasteiger partial charge in [0.25, 0.3) is 5.91 Å². The van der Waals surface area contributed by atoms with Crippen LogP contribution in [0.2, 0.25) is 0 Å². The Balaban J connectivity index is 2.25. The van der Waals surface area contributed by atoms with E-state index in [9.17, 15) is 22.8 Å². The monoisotopic (exact) mass is 311 g/mol. The zero-order valence-corrected chi connectivity index (χ0v) is 10.8. The summed E-state index contributed by atoms with van der Waals surface area (Å²) in [6, 6.07) is 4.41. The van der Waals surface area contributed by atoms with Crippen LogP contribution in [0.25, 0.3) is 11.3 Å². The second kappa shape index (κ2) is 4.58. The summed E-state index contributed by atoms with van der Waals surface area (Å²) in [6.45, 7) is 0.109. The van der Waals surface area contributed by atoms with Gasteiger partial charge in [-0.1, -0.05) is 12.1 Å². The Bertz CT molecular complexity index is 796. The number of benzene rings is 1. The maximum absolute atomic E-state index is 12.9. The van der Waals surface area contributed by atoms with Gasteiger partial charge in [-0.3, -0.25) is 9.89 Å². The largest absolute Gasteiger partial charge is 0.478 e. The van der Waals surface area contributed by atoms with Crippen molar-refractivity contribution in [1.29, 1.82) is 0 Å². The first kappa shape index (κ1) is 14.1. The number of aromatic carboxylic acids is 1. The number of fused-ring (bicyclic) bond motifs is 1. The standard InChI is InChI=1S/C13H8F3N3O3/c14-13(15,16)10-8(12(21)22)9(18-19-10)5-2-1-3-6-7(5)4-17-11(6)20/h1-3H,4H2,(H,17,20)(H,18,19)(H,21,22). The number of aromatic amines is 1. The van der Waals surface area contributed by atoms with Gasteiger partial charge < -0.3 is 10.4 Å². The molecule has 3 N–H and O–H groups in total. The van der Waals surface area contributed by atoms with Gasteiger partial charge in [-0.05, 0) is 11.6 Å². The van der Waals surface area contributed by atoms with E-state index in [-0.39, 0.29) is 23.7 Å². The first-order valence-electron chi connectivity index (χ1n) is 6.10. The molecule has 0 unspecified atom stereocenters. The van der Waals surface area contributed by atoms with Crippen LogP contribution < -0.4 is 5.32 Å². The maximum Gasteiger partial charge on any atom is 0.433 e. The lowest BCUT2D eigenvalue weighted by Gasteiger charge is -2.07. The number of H-pyrrole nitrogens is 1. The second-order valence-electron chi connectivity index (χ2n) is 4.64. The highest BCUT2D eigenvalue weighted by Crippen LogP contribution is 2.37. The molecule has 2 aromatic rings. The Morgan fingerprint density at radius 3 is 2.59 bits per heavy atom. The highest BCUT2D eigenvalue weighted by Gasteiger charge is 2.40. The molecule has 0 fully saturated rings. The summed E-state index contributed by atoms with van der Waals surface area (Å²) in [5, 5.41) is 16.9. The molecule has 3 rings (SSSR count). The third kappa shape index (κ3) is 2.01. The highest BCUT2D eigenvalue weighted by molar-refractivity contribution is 6.02. The first-order chi connectivity index (χ1) is 10.3. The van der Waals surface area contributed by atoms with Crippen LogP contribution in [0.1, 0.15) is 32.0 Å². The number of hydrogen-bond acceptors (Lipinski definition) is 3. The van der Waals surface area contributed by atoms with Gasteiger partial charge >= 0.3 is 12.1 Å². The third-order valence-corrected chi connectivity index (χ3v) is 3.37. The quantitative estimate of drug-likeness (QED) is 0.791. The number of nitrogens with one attached hydrogen (secondary N) is 2. The molecule has 1 aliphatic rings. The molecule has 22 heavy (non-hydrogen) atoms. The second-order valence-corrected chi connectivity index (χ2v) is 4.64. The molecule has 0 saturated carbocycles. The van der Waals surface area contributed by atoms with Crippen molar-refractivity contribution in [3.05, 3.63) is 40.6 Å². The van der Waals surface area contributed by atoms with Crippen LogP contribution in [0, 0.1) is 0 Å². The van der Waals surface area contributed by atoms with Crippen LogP contribution in [0.5, 0.6) is 0 Å². The minimum atomic E-state index is -4.87. The van der Waals surface area contributed by atoms with Crippen LogP contribution in [0.4, 0.5) is 13.2 Å². The zero-order chi connectivity index (χ0) is 16.1. The van der Waals surface area contributed by atoms with Crippen LogP contribution >= 0.6 is 0 Å². The number of carboxylic acids is 1. The number of nitrogens with zero attached hydrogens (tertiary/aromatic N) is 1. The molecule has 9 heteroatoms. The van der Waals surface area contributed by atoms with Crippen LogP contribution in [0.3, 0.4) is 0 Å². The van der Waals surface area contributed by atoms with E-state index in [2.05, 4.69) is 10.4 Å². The number of rotatable bonds is 2. The lowest BCUT2D eigenvalue weighted by Crippen LogP contribution is -2.12. The topological polar surface area (TPSA) is 95.1 Å². The lowest BCUT2D eigenvalue weighted by atomic mass is 9.97. The van der Waals surface area contributed by atoms with Gasteiger partial charge in [-0.15, -0.1) is 0 Å². The van der Waals surface area contributed by atoms with E-state index in [0.717, 1.165) is 0 Å². The van der Waals surface area contributed by atoms with Crippen molar-refractivity contribution in [2.24, 2.45) is 0 Å². The number of carbonyl (C=O) groups is 2. The van der Waals surface area contributed by atoms with Crippen LogP contribution in [0.15, 0.2) is 18.2 Å². The van der Waals surface area contributed by atoms with Crippen molar-refractivity contribution >= 4 is 11.9 Å². The molecule has 6 nitrogen and oxygen atoms in total. The molecule has 0 saturated heterocycles. The van der Waals surface area contributed by atoms with E-state index in [0.29, 0.717) is 11.1 Å². The fourth-order valence-corrected chi connectivity index (χ4v) is 2.43. The molecule has 0 radical (unpaired) electrons. The van der Waals surface area contributed by atoms with E-state index < -0.39 is 23.4 Å². The molecule has 1 amide bonds. The smallest absolute Gasteiger partial charge is 0.433 e. The fourth-order valence-electron chi connectivity index (χ4n) is 2.43. The van der Waals surface area contributed by atoms with Crippen molar-refractivity contribution in [2.45, 2.75) is 12.7 Å². The van der Waals surface area contributed by atoms with Gasteiger partial charge in [0.1, 0.15) is 11.3 Å². The summed E-state index contributed by atoms with van der Waals surface area (Å²) < 4.78 is 38.6. The Morgan fingerprint density at radius 2 is 1.95 bits per heavy atom. The van der Waals surface area contributed by atoms with Crippen LogP contribution in [-0.4, -0.2) is 27.2 Å². The van der Waals surface area contributed by atoms with Crippen molar-refractivity contribution in [3.8, 4) is 11.3 Å². The van der Waals surface area contributed by atoms with Gasteiger partial charge in [0.05, 0.1) is 0 Å². The van der Waals surface area contributed by atoms with E-state index in [1.54, 1.807) is 5.10 Å². The fraction of sp³-hybridized carbons (Fsp3) is 0.154. The minimum absolute atomic E-state index is 0.109. The summed E-state index contributed by atoms with van der Waals surface area (Å²) >= 11 is 0. The van der Waals surface area contributed by atoms with E-state index in [1.807, 2.05) is 0 Å². The molecule has 1 aromatic carbocycles. The average molecular weight is 311 g/mol. The average Bonchev–Trinajstić information content (AvgIpc) is 3.02. The summed E-state index contributed by atoms with van der Waals surface area (Å²) in [5.74, 6) is -2.11. The van der Waals surface area contributed by atoms with E-state index in [1.165, 1.54) is 18.2 Å². The maximum atomic E-state index is 12.9. The Labute approximate surface area is 121 Å². The molecular formula is C13H8F3N3O3. The molecule has 0 bridgehead atoms. The molecule has 1 aliphatic heterocycles. The number of carbonyl (C=O) groups excluding carboxylic acids is 1. The van der Waals surface area contributed by atoms with Crippen molar-refractivity contribution in [3.63, 3.8) is 0 Å². The number of aromatic nitrogens is 2. The summed E-state index contributed by atoms with van der Waals surface area (Å²) in [5.41, 5.74) is -1.82. The number of amides is 1. The van der Waals surface area contributed by atoms with E-state index in [4.69, 9.17) is 5.11 Å². The van der Waals surface area contributed by atoms with Gasteiger partial charge in [-0.2, -0.15) is 18.3 Å². The number of carboxylic acid groups (broad SMARTS) is 1. The predicted octanol–water partition coefficient (Wildman–Crippen LogP) is 2.04. The molecule has 0 atom stereocenters. The minimum Gasteiger partial charge on any atom is -0.478 e. The van der Waals surface area contributed by atoms with E-state index >= 15 is 0 Å². The number of halogens is 3. The Hall–Kier alpha value is -2.84. The lowest BCUT2D eigenvalue weighted by molar-refractivity contribution is -0.141. The zero-order valence-electron chi connectivity index (χ0n) is 10.8. The molecule has 0 aliphatic carbocycles. The molecule has 2 heterocycles. The van der Waals surface area contributed by atoms with Gasteiger partial charge in [-0.25, -0.2) is 4.79 Å². The van der Waals surface area contributed by atoms with Gasteiger partial charge in [0, 0.05) is 17.7 Å². The van der Waals surface area contributed by atoms with Crippen LogP contribution in [-0.2, 0) is 12.7 Å². The predicted molar refractivity (Wildman–Crippen MR) is 67.2 cm³/mol. The Morgan fingerprint density at radius 1 is 1.27 bits per heavy atom. The number of hydrogen-bond donors (Lipinski definition) is 3. The molecule has 114 valence electrons. The molecular weight excluding hydrogens is 303 g/mol. The summed E-state index contributed by atoms with van der Waals surface area (Å²) in [4.78, 5) is 22.8. The van der Waals surface area contributed by atoms with Gasteiger partial charge in [0.2, 0.25) is 0 Å². The Kier molecular flexibility index (Phi) is 2.94. The first-order valence-corrected chi connectivity index (χ1v) is 6.10. The van der Waals surface area contributed by atoms with Crippen molar-refractivity contribution < 1.29 is 27.9 Å². The normalized spacial score (nSPS) is 13.9. The van der Waals surface area contributed by atoms with Crippen molar-refractivity contribution in [1.82, 2.24) is 15.5 Å². The van der Waals surface area contributed by atoms with Crippen molar-refractivity contribution in [2.75, 3.05) is 0 Å². The third-order valence-electron chi connectivity index (χ3n) is 3.37. The number of alkyl halides is 3. The SMILES string of the molecule is O=C1NCc2c1cccc2-c1n[nH]c(C(F)(F)F)c1C(=O)O. The molecule has 0 spiro atoms. The summed E-state index contributed by atoms with van der Waals surface area (Å²) in [6.07, 6.45) is -4.87. The molecule has 1 aromatic heterocycles. The van der Waals surface area contributed by atoms with Gasteiger partial charge in [0.15, 0.2) is 5.69 Å². The highest BCUT2D eigenvalue weighted by atomic mass is 19.4. The summed E-state index contributed by atoms with van der Waals surface area (Å²) in [7, 11) is 0.